The standard InChI is InChI=1S/C15H13ClFN3O3/c1-9(23-12-7-3-2-6-11(12)17)14(21)19-20-15(22)10-5-4-8-18-13(10)16/h2-9H,1H3,(H,19,21)(H,20,22). The van der Waals surface area contributed by atoms with Crippen LogP contribution in [-0.2, 0) is 4.79 Å². The van der Waals surface area contributed by atoms with E-state index in [0.717, 1.165) is 0 Å². The number of pyridine rings is 1. The van der Waals surface area contributed by atoms with Gasteiger partial charge in [0.1, 0.15) is 5.15 Å². The number of nitrogens with one attached hydrogen (secondary N) is 2. The van der Waals surface area contributed by atoms with Crippen molar-refractivity contribution in [1.82, 2.24) is 15.8 Å². The van der Waals surface area contributed by atoms with Crippen molar-refractivity contribution in [2.45, 2.75) is 13.0 Å². The van der Waals surface area contributed by atoms with Gasteiger partial charge in [-0.3, -0.25) is 20.4 Å². The van der Waals surface area contributed by atoms with E-state index in [1.54, 1.807) is 6.07 Å². The van der Waals surface area contributed by atoms with Crippen molar-refractivity contribution in [2.75, 3.05) is 0 Å². The number of benzene rings is 1. The largest absolute Gasteiger partial charge is 0.478 e. The van der Waals surface area contributed by atoms with Crippen molar-refractivity contribution in [3.63, 3.8) is 0 Å². The second-order valence-corrected chi connectivity index (χ2v) is 4.83. The van der Waals surface area contributed by atoms with Crippen molar-refractivity contribution < 1.29 is 18.7 Å². The Balaban J connectivity index is 1.91. The fourth-order valence-electron chi connectivity index (χ4n) is 1.63. The van der Waals surface area contributed by atoms with Crippen LogP contribution in [0.1, 0.15) is 17.3 Å². The van der Waals surface area contributed by atoms with Gasteiger partial charge in [0.2, 0.25) is 0 Å². The van der Waals surface area contributed by atoms with Crippen LogP contribution in [0.25, 0.3) is 0 Å². The second-order valence-electron chi connectivity index (χ2n) is 4.48. The third-order valence-electron chi connectivity index (χ3n) is 2.81. The van der Waals surface area contributed by atoms with Crippen LogP contribution in [0.15, 0.2) is 42.6 Å². The summed E-state index contributed by atoms with van der Waals surface area (Å²) in [5, 5.41) is 0.00917. The number of carbonyl (C=O) groups excluding carboxylic acids is 2. The van der Waals surface area contributed by atoms with E-state index in [1.165, 1.54) is 43.5 Å². The molecule has 0 spiro atoms. The maximum absolute atomic E-state index is 13.4. The third kappa shape index (κ3) is 4.40. The Labute approximate surface area is 136 Å². The molecule has 120 valence electrons. The van der Waals surface area contributed by atoms with E-state index in [2.05, 4.69) is 15.8 Å². The highest BCUT2D eigenvalue weighted by Gasteiger charge is 2.18. The molecule has 0 aliphatic carbocycles. The van der Waals surface area contributed by atoms with Gasteiger partial charge in [-0.15, -0.1) is 0 Å². The molecule has 23 heavy (non-hydrogen) atoms. The minimum absolute atomic E-state index is 0.00917. The van der Waals surface area contributed by atoms with Gasteiger partial charge in [-0.1, -0.05) is 23.7 Å². The molecule has 0 saturated carbocycles. The smallest absolute Gasteiger partial charge is 0.279 e. The fourth-order valence-corrected chi connectivity index (χ4v) is 1.83. The van der Waals surface area contributed by atoms with Crippen molar-refractivity contribution in [2.24, 2.45) is 0 Å². The first kappa shape index (κ1) is 16.7. The second kappa shape index (κ2) is 7.55. The number of ether oxygens (including phenoxy) is 1. The minimum atomic E-state index is -1.02. The van der Waals surface area contributed by atoms with E-state index >= 15 is 0 Å². The van der Waals surface area contributed by atoms with Crippen LogP contribution >= 0.6 is 11.6 Å². The van der Waals surface area contributed by atoms with Gasteiger partial charge in [-0.05, 0) is 31.2 Å². The molecule has 2 N–H and O–H groups in total. The number of para-hydroxylation sites is 1. The number of halogens is 2. The molecule has 0 aliphatic heterocycles. The molecule has 0 aliphatic rings. The van der Waals surface area contributed by atoms with Crippen LogP contribution in [0.5, 0.6) is 5.75 Å². The summed E-state index contributed by atoms with van der Waals surface area (Å²) in [5.74, 6) is -1.92. The molecule has 2 rings (SSSR count). The summed E-state index contributed by atoms with van der Waals surface area (Å²) in [6.07, 6.45) is 0.415. The van der Waals surface area contributed by atoms with E-state index in [4.69, 9.17) is 16.3 Å². The van der Waals surface area contributed by atoms with Gasteiger partial charge in [0.25, 0.3) is 11.8 Å². The number of hydrazine groups is 1. The van der Waals surface area contributed by atoms with E-state index in [1.807, 2.05) is 0 Å². The minimum Gasteiger partial charge on any atom is -0.478 e. The van der Waals surface area contributed by atoms with Crippen LogP contribution in [0.4, 0.5) is 4.39 Å². The van der Waals surface area contributed by atoms with Gasteiger partial charge >= 0.3 is 0 Å². The Kier molecular flexibility index (Phi) is 5.48. The zero-order valence-electron chi connectivity index (χ0n) is 12.0. The van der Waals surface area contributed by atoms with E-state index in [0.29, 0.717) is 0 Å². The Morgan fingerprint density at radius 3 is 2.65 bits per heavy atom. The lowest BCUT2D eigenvalue weighted by Crippen LogP contribution is -2.47. The number of hydrogen-bond donors (Lipinski definition) is 2. The third-order valence-corrected chi connectivity index (χ3v) is 3.11. The number of rotatable bonds is 4. The Hall–Kier alpha value is -2.67. The molecule has 6 nitrogen and oxygen atoms in total. The molecule has 1 atom stereocenters. The summed E-state index contributed by atoms with van der Waals surface area (Å²) >= 11 is 5.77. The maximum atomic E-state index is 13.4. The number of amides is 2. The first-order chi connectivity index (χ1) is 11.0. The van der Waals surface area contributed by atoms with Crippen LogP contribution in [-0.4, -0.2) is 22.9 Å². The monoisotopic (exact) mass is 337 g/mol. The SMILES string of the molecule is CC(Oc1ccccc1F)C(=O)NNC(=O)c1cccnc1Cl. The summed E-state index contributed by atoms with van der Waals surface area (Å²) < 4.78 is 18.6. The predicted octanol–water partition coefficient (Wildman–Crippen LogP) is 2.10. The summed E-state index contributed by atoms with van der Waals surface area (Å²) in [4.78, 5) is 27.5. The first-order valence-corrected chi connectivity index (χ1v) is 6.98. The lowest BCUT2D eigenvalue weighted by Gasteiger charge is -2.15. The molecule has 2 amide bonds. The number of carbonyl (C=O) groups is 2. The maximum Gasteiger partial charge on any atom is 0.279 e. The molecule has 8 heteroatoms. The molecule has 0 saturated heterocycles. The Bertz CT molecular complexity index is 727. The van der Waals surface area contributed by atoms with E-state index in [9.17, 15) is 14.0 Å². The first-order valence-electron chi connectivity index (χ1n) is 6.61. The molecular weight excluding hydrogens is 325 g/mol. The van der Waals surface area contributed by atoms with E-state index in [-0.39, 0.29) is 16.5 Å². The average molecular weight is 338 g/mol. The molecule has 0 bridgehead atoms. The number of aromatic nitrogens is 1. The summed E-state index contributed by atoms with van der Waals surface area (Å²) in [7, 11) is 0. The van der Waals surface area contributed by atoms with Crippen molar-refractivity contribution in [1.29, 1.82) is 0 Å². The van der Waals surface area contributed by atoms with Gasteiger partial charge in [0.15, 0.2) is 17.7 Å². The van der Waals surface area contributed by atoms with Gasteiger partial charge in [-0.2, -0.15) is 0 Å². The normalized spacial score (nSPS) is 11.4. The van der Waals surface area contributed by atoms with Gasteiger partial charge < -0.3 is 4.74 Å². The van der Waals surface area contributed by atoms with E-state index < -0.39 is 23.7 Å². The summed E-state index contributed by atoms with van der Waals surface area (Å²) in [6, 6.07) is 8.68. The highest BCUT2D eigenvalue weighted by molar-refractivity contribution is 6.32. The molecule has 2 aromatic rings. The molecule has 1 aromatic heterocycles. The molecule has 1 aromatic carbocycles. The zero-order valence-corrected chi connectivity index (χ0v) is 12.8. The predicted molar refractivity (Wildman–Crippen MR) is 81.3 cm³/mol. The topological polar surface area (TPSA) is 80.3 Å². The Morgan fingerprint density at radius 2 is 1.96 bits per heavy atom. The number of nitrogens with zero attached hydrogens (tertiary/aromatic N) is 1. The van der Waals surface area contributed by atoms with Gasteiger partial charge in [-0.25, -0.2) is 9.37 Å². The van der Waals surface area contributed by atoms with Crippen molar-refractivity contribution in [3.8, 4) is 5.75 Å². The average Bonchev–Trinajstić information content (AvgIpc) is 2.54. The molecule has 0 fully saturated rings. The van der Waals surface area contributed by atoms with Crippen molar-refractivity contribution >= 4 is 23.4 Å². The van der Waals surface area contributed by atoms with Crippen LogP contribution in [0.2, 0.25) is 5.15 Å². The molecule has 1 unspecified atom stereocenters. The molecule has 0 radical (unpaired) electrons. The van der Waals surface area contributed by atoms with Crippen LogP contribution in [0, 0.1) is 5.82 Å². The lowest BCUT2D eigenvalue weighted by atomic mass is 10.3. The lowest BCUT2D eigenvalue weighted by molar-refractivity contribution is -0.128. The summed E-state index contributed by atoms with van der Waals surface area (Å²) in [6.45, 7) is 1.42. The van der Waals surface area contributed by atoms with Crippen LogP contribution < -0.4 is 15.6 Å². The van der Waals surface area contributed by atoms with Crippen molar-refractivity contribution in [3.05, 3.63) is 59.1 Å². The molecular formula is C15H13ClFN3O3. The summed E-state index contributed by atoms with van der Waals surface area (Å²) in [5.41, 5.74) is 4.47. The van der Waals surface area contributed by atoms with Gasteiger partial charge in [0, 0.05) is 6.20 Å². The zero-order chi connectivity index (χ0) is 16.8. The fraction of sp³-hybridized carbons (Fsp3) is 0.133. The number of hydrogen-bond acceptors (Lipinski definition) is 4. The molecule has 1 heterocycles. The highest BCUT2D eigenvalue weighted by atomic mass is 35.5. The highest BCUT2D eigenvalue weighted by Crippen LogP contribution is 2.17. The van der Waals surface area contributed by atoms with Gasteiger partial charge in [0.05, 0.1) is 5.56 Å². The van der Waals surface area contributed by atoms with Crippen LogP contribution in [0.3, 0.4) is 0 Å². The quantitative estimate of drug-likeness (QED) is 0.661. The Morgan fingerprint density at radius 1 is 1.22 bits per heavy atom.